The second kappa shape index (κ2) is 6.61. The maximum absolute atomic E-state index is 12.3. The predicted molar refractivity (Wildman–Crippen MR) is 81.9 cm³/mol. The van der Waals surface area contributed by atoms with Gasteiger partial charge in [-0.2, -0.15) is 0 Å². The van der Waals surface area contributed by atoms with E-state index in [-0.39, 0.29) is 17.2 Å². The molecule has 1 amide bonds. The van der Waals surface area contributed by atoms with Crippen molar-refractivity contribution in [1.29, 1.82) is 0 Å². The highest BCUT2D eigenvalue weighted by molar-refractivity contribution is 5.89. The van der Waals surface area contributed by atoms with Crippen LogP contribution < -0.4 is 4.90 Å². The van der Waals surface area contributed by atoms with Crippen LogP contribution in [0, 0.1) is 5.92 Å². The molecule has 21 heavy (non-hydrogen) atoms. The Morgan fingerprint density at radius 2 is 2.00 bits per heavy atom. The summed E-state index contributed by atoms with van der Waals surface area (Å²) in [6.45, 7) is 9.81. The third kappa shape index (κ3) is 5.10. The van der Waals surface area contributed by atoms with E-state index in [1.165, 1.54) is 17.0 Å². The fourth-order valence-electron chi connectivity index (χ4n) is 1.77. The van der Waals surface area contributed by atoms with Gasteiger partial charge in [0.25, 0.3) is 0 Å². The molecule has 0 bridgehead atoms. The molecule has 1 rings (SSSR count). The number of anilines is 1. The van der Waals surface area contributed by atoms with E-state index >= 15 is 0 Å². The van der Waals surface area contributed by atoms with Crippen LogP contribution in [0.25, 0.3) is 0 Å². The second-order valence-corrected chi connectivity index (χ2v) is 6.35. The van der Waals surface area contributed by atoms with E-state index in [0.717, 1.165) is 0 Å². The molecule has 0 aromatic heterocycles. The molecule has 0 aliphatic rings. The maximum Gasteiger partial charge on any atom is 0.414 e. The number of phenols is 1. The summed E-state index contributed by atoms with van der Waals surface area (Å²) < 4.78 is 5.39. The first-order valence-electron chi connectivity index (χ1n) is 6.92. The standard InChI is InChI=1S/C16H23NO4/c1-11(2)9-17(15(20)21-16(3,4)5)13-7-6-12(10-18)14(19)8-13/h6-8,10-11,19H,9H2,1-5H3. The zero-order chi connectivity index (χ0) is 16.2. The number of carbonyl (C=O) groups excluding carboxylic acids is 2. The normalized spacial score (nSPS) is 11.3. The average Bonchev–Trinajstić information content (AvgIpc) is 2.33. The van der Waals surface area contributed by atoms with Crippen LogP contribution >= 0.6 is 0 Å². The Bertz CT molecular complexity index is 517. The molecule has 0 atom stereocenters. The van der Waals surface area contributed by atoms with Gasteiger partial charge in [-0.3, -0.25) is 9.69 Å². The minimum absolute atomic E-state index is 0.153. The van der Waals surface area contributed by atoms with Gasteiger partial charge in [0.15, 0.2) is 6.29 Å². The number of amides is 1. The van der Waals surface area contributed by atoms with Crippen LogP contribution in [0.2, 0.25) is 0 Å². The largest absolute Gasteiger partial charge is 0.507 e. The number of ether oxygens (including phenoxy) is 1. The van der Waals surface area contributed by atoms with Crippen LogP contribution in [0.5, 0.6) is 5.75 Å². The summed E-state index contributed by atoms with van der Waals surface area (Å²) in [5.41, 5.74) is 0.0883. The molecule has 0 unspecified atom stereocenters. The van der Waals surface area contributed by atoms with Crippen LogP contribution in [0.4, 0.5) is 10.5 Å². The van der Waals surface area contributed by atoms with Crippen molar-refractivity contribution >= 4 is 18.1 Å². The molecule has 0 saturated carbocycles. The fraction of sp³-hybridized carbons (Fsp3) is 0.500. The van der Waals surface area contributed by atoms with Crippen LogP contribution in [0.15, 0.2) is 18.2 Å². The van der Waals surface area contributed by atoms with Crippen molar-refractivity contribution in [2.45, 2.75) is 40.2 Å². The van der Waals surface area contributed by atoms with Gasteiger partial charge in [0, 0.05) is 12.6 Å². The van der Waals surface area contributed by atoms with E-state index in [0.29, 0.717) is 18.5 Å². The molecule has 1 aromatic carbocycles. The lowest BCUT2D eigenvalue weighted by Crippen LogP contribution is -2.39. The third-order valence-electron chi connectivity index (χ3n) is 2.61. The van der Waals surface area contributed by atoms with Crippen LogP contribution in [0.3, 0.4) is 0 Å². The minimum Gasteiger partial charge on any atom is -0.507 e. The first kappa shape index (κ1) is 17.0. The maximum atomic E-state index is 12.3. The first-order chi connectivity index (χ1) is 9.64. The second-order valence-electron chi connectivity index (χ2n) is 6.35. The minimum atomic E-state index is -0.600. The monoisotopic (exact) mass is 293 g/mol. The van der Waals surface area contributed by atoms with Crippen molar-refractivity contribution in [2.24, 2.45) is 5.92 Å². The van der Waals surface area contributed by atoms with E-state index in [9.17, 15) is 14.7 Å². The summed E-state index contributed by atoms with van der Waals surface area (Å²) in [6, 6.07) is 4.50. The number of benzene rings is 1. The Morgan fingerprint density at radius 3 is 2.43 bits per heavy atom. The lowest BCUT2D eigenvalue weighted by atomic mass is 10.1. The third-order valence-corrected chi connectivity index (χ3v) is 2.61. The van der Waals surface area contributed by atoms with E-state index < -0.39 is 11.7 Å². The first-order valence-corrected chi connectivity index (χ1v) is 6.92. The molecule has 5 heteroatoms. The summed E-state index contributed by atoms with van der Waals surface area (Å²) in [6.07, 6.45) is 0.0915. The van der Waals surface area contributed by atoms with Gasteiger partial charge in [-0.1, -0.05) is 13.8 Å². The zero-order valence-electron chi connectivity index (χ0n) is 13.2. The number of aldehydes is 1. The van der Waals surface area contributed by atoms with E-state index in [1.807, 2.05) is 13.8 Å². The number of aromatic hydroxyl groups is 1. The molecular weight excluding hydrogens is 270 g/mol. The number of phenolic OH excluding ortho intramolecular Hbond substituents is 1. The highest BCUT2D eigenvalue weighted by Crippen LogP contribution is 2.26. The van der Waals surface area contributed by atoms with Gasteiger partial charge < -0.3 is 9.84 Å². The van der Waals surface area contributed by atoms with E-state index in [1.54, 1.807) is 26.8 Å². The lowest BCUT2D eigenvalue weighted by Gasteiger charge is -2.28. The quantitative estimate of drug-likeness (QED) is 0.861. The van der Waals surface area contributed by atoms with Gasteiger partial charge in [-0.15, -0.1) is 0 Å². The Morgan fingerprint density at radius 1 is 1.38 bits per heavy atom. The Kier molecular flexibility index (Phi) is 5.35. The molecular formula is C16H23NO4. The van der Waals surface area contributed by atoms with Crippen molar-refractivity contribution in [3.05, 3.63) is 23.8 Å². The number of nitrogens with zero attached hydrogens (tertiary/aromatic N) is 1. The van der Waals surface area contributed by atoms with E-state index in [2.05, 4.69) is 0 Å². The fourth-order valence-corrected chi connectivity index (χ4v) is 1.77. The molecule has 0 aliphatic heterocycles. The van der Waals surface area contributed by atoms with Gasteiger partial charge in [0.05, 0.1) is 11.3 Å². The van der Waals surface area contributed by atoms with Crippen molar-refractivity contribution in [2.75, 3.05) is 11.4 Å². The lowest BCUT2D eigenvalue weighted by molar-refractivity contribution is 0.0576. The Labute approximate surface area is 125 Å². The zero-order valence-corrected chi connectivity index (χ0v) is 13.2. The number of rotatable bonds is 4. The molecule has 0 heterocycles. The number of carbonyl (C=O) groups is 2. The highest BCUT2D eigenvalue weighted by Gasteiger charge is 2.24. The SMILES string of the molecule is CC(C)CN(C(=O)OC(C)(C)C)c1ccc(C=O)c(O)c1. The molecule has 0 spiro atoms. The molecule has 0 fully saturated rings. The van der Waals surface area contributed by atoms with Crippen molar-refractivity contribution in [3.8, 4) is 5.75 Å². The van der Waals surface area contributed by atoms with Gasteiger partial charge in [0.2, 0.25) is 0 Å². The van der Waals surface area contributed by atoms with Crippen LogP contribution in [-0.4, -0.2) is 29.6 Å². The van der Waals surface area contributed by atoms with E-state index in [4.69, 9.17) is 4.74 Å². The molecule has 116 valence electrons. The summed E-state index contributed by atoms with van der Waals surface area (Å²) in [4.78, 5) is 24.5. The smallest absolute Gasteiger partial charge is 0.414 e. The van der Waals surface area contributed by atoms with Crippen LogP contribution in [0.1, 0.15) is 45.0 Å². The van der Waals surface area contributed by atoms with Crippen molar-refractivity contribution in [3.63, 3.8) is 0 Å². The Balaban J connectivity index is 3.10. The highest BCUT2D eigenvalue weighted by atomic mass is 16.6. The molecule has 0 saturated heterocycles. The summed E-state index contributed by atoms with van der Waals surface area (Å²) in [7, 11) is 0. The van der Waals surface area contributed by atoms with Crippen LogP contribution in [-0.2, 0) is 4.74 Å². The molecule has 5 nitrogen and oxygen atoms in total. The molecule has 0 radical (unpaired) electrons. The molecule has 0 aliphatic carbocycles. The van der Waals surface area contributed by atoms with Gasteiger partial charge in [-0.25, -0.2) is 4.79 Å². The Hall–Kier alpha value is -2.04. The summed E-state index contributed by atoms with van der Waals surface area (Å²) >= 11 is 0. The topological polar surface area (TPSA) is 66.8 Å². The number of hydrogen-bond acceptors (Lipinski definition) is 4. The van der Waals surface area contributed by atoms with Crippen molar-refractivity contribution in [1.82, 2.24) is 0 Å². The van der Waals surface area contributed by atoms with Crippen molar-refractivity contribution < 1.29 is 19.4 Å². The van der Waals surface area contributed by atoms with Gasteiger partial charge in [0.1, 0.15) is 11.4 Å². The van der Waals surface area contributed by atoms with Gasteiger partial charge >= 0.3 is 6.09 Å². The summed E-state index contributed by atoms with van der Waals surface area (Å²) in [5.74, 6) is 0.0743. The number of hydrogen-bond donors (Lipinski definition) is 1. The molecule has 1 N–H and O–H groups in total. The average molecular weight is 293 g/mol. The molecule has 1 aromatic rings. The van der Waals surface area contributed by atoms with Gasteiger partial charge in [-0.05, 0) is 38.8 Å². The predicted octanol–water partition coefficient (Wildman–Crippen LogP) is 3.60. The summed E-state index contributed by atoms with van der Waals surface area (Å²) in [5, 5.41) is 9.78.